The van der Waals surface area contributed by atoms with Crippen LogP contribution in [0.25, 0.3) is 0 Å². The number of thioether (sulfide) groups is 1. The number of aromatic nitrogens is 1. The van der Waals surface area contributed by atoms with Gasteiger partial charge in [-0.1, -0.05) is 34.5 Å². The van der Waals surface area contributed by atoms with Crippen molar-refractivity contribution in [3.8, 4) is 6.07 Å². The van der Waals surface area contributed by atoms with E-state index in [4.69, 9.17) is 0 Å². The molecule has 134 valence electrons. The summed E-state index contributed by atoms with van der Waals surface area (Å²) >= 11 is 4.77. The highest BCUT2D eigenvalue weighted by Gasteiger charge is 2.39. The lowest BCUT2D eigenvalue weighted by atomic mass is 9.64. The van der Waals surface area contributed by atoms with Gasteiger partial charge in [-0.3, -0.25) is 9.59 Å². The van der Waals surface area contributed by atoms with Gasteiger partial charge in [-0.15, -0.1) is 11.8 Å². The van der Waals surface area contributed by atoms with Gasteiger partial charge in [0.25, 0.3) is 11.5 Å². The van der Waals surface area contributed by atoms with Gasteiger partial charge in [0.1, 0.15) is 11.6 Å². The average Bonchev–Trinajstić information content (AvgIpc) is 2.60. The van der Waals surface area contributed by atoms with Crippen LogP contribution in [-0.2, 0) is 5.41 Å². The van der Waals surface area contributed by atoms with Gasteiger partial charge in [0.2, 0.25) is 0 Å². The Bertz CT molecular complexity index is 945. The number of nitrogens with one attached hydrogen (secondary N) is 2. The van der Waals surface area contributed by atoms with Crippen LogP contribution in [0.2, 0.25) is 0 Å². The first-order valence-corrected chi connectivity index (χ1v) is 10.3. The fourth-order valence-corrected chi connectivity index (χ4v) is 4.18. The van der Waals surface area contributed by atoms with E-state index in [0.29, 0.717) is 17.1 Å². The van der Waals surface area contributed by atoms with Crippen molar-refractivity contribution in [3.05, 3.63) is 61.8 Å². The van der Waals surface area contributed by atoms with Crippen LogP contribution in [0.4, 0.5) is 0 Å². The molecular weight excluding hydrogens is 414 g/mol. The molecule has 0 saturated heterocycles. The third-order valence-electron chi connectivity index (χ3n) is 4.91. The van der Waals surface area contributed by atoms with Crippen molar-refractivity contribution in [1.29, 1.82) is 5.26 Å². The summed E-state index contributed by atoms with van der Waals surface area (Å²) in [7, 11) is 0. The molecule has 3 rings (SSSR count). The number of carbonyl (C=O) groups excluding carboxylic acids is 1. The van der Waals surface area contributed by atoms with E-state index >= 15 is 0 Å². The molecule has 0 radical (unpaired) electrons. The van der Waals surface area contributed by atoms with Gasteiger partial charge in [0.15, 0.2) is 0 Å². The number of nitriles is 1. The van der Waals surface area contributed by atoms with Crippen molar-refractivity contribution in [2.24, 2.45) is 0 Å². The molecule has 5 nitrogen and oxygen atoms in total. The van der Waals surface area contributed by atoms with Gasteiger partial charge >= 0.3 is 0 Å². The molecular formula is C19H18BrN3O2S. The normalized spacial score (nSPS) is 15.0. The largest absolute Gasteiger partial charge is 0.351 e. The SMILES string of the molecule is CSc1[nH]c(=O)c(C(=O)NCC2(c3cccc(Br)c3)CCC2)cc1C#N. The maximum atomic E-state index is 12.6. The van der Waals surface area contributed by atoms with Crippen molar-refractivity contribution in [1.82, 2.24) is 10.3 Å². The predicted octanol–water partition coefficient (Wildman–Crippen LogP) is 3.58. The third-order valence-corrected chi connectivity index (χ3v) is 6.13. The summed E-state index contributed by atoms with van der Waals surface area (Å²) in [6.07, 6.45) is 4.87. The summed E-state index contributed by atoms with van der Waals surface area (Å²) in [6.45, 7) is 0.466. The monoisotopic (exact) mass is 431 g/mol. The number of carbonyl (C=O) groups is 1. The lowest BCUT2D eigenvalue weighted by Gasteiger charge is -2.42. The van der Waals surface area contributed by atoms with Crippen molar-refractivity contribution in [3.63, 3.8) is 0 Å². The van der Waals surface area contributed by atoms with E-state index in [-0.39, 0.29) is 11.0 Å². The number of hydrogen-bond donors (Lipinski definition) is 2. The summed E-state index contributed by atoms with van der Waals surface area (Å²) in [6, 6.07) is 11.5. The van der Waals surface area contributed by atoms with Crippen LogP contribution in [0.1, 0.15) is 40.7 Å². The van der Waals surface area contributed by atoms with Crippen LogP contribution in [-0.4, -0.2) is 23.7 Å². The summed E-state index contributed by atoms with van der Waals surface area (Å²) in [5.74, 6) is -0.448. The molecule has 0 aliphatic heterocycles. The van der Waals surface area contributed by atoms with Crippen LogP contribution in [0.3, 0.4) is 0 Å². The second kappa shape index (κ2) is 7.68. The van der Waals surface area contributed by atoms with Gasteiger partial charge in [-0.2, -0.15) is 5.26 Å². The Hall–Kier alpha value is -2.04. The smallest absolute Gasteiger partial charge is 0.261 e. The number of pyridine rings is 1. The topological polar surface area (TPSA) is 85.8 Å². The Labute approximate surface area is 164 Å². The van der Waals surface area contributed by atoms with E-state index < -0.39 is 11.5 Å². The molecule has 0 spiro atoms. The minimum absolute atomic E-state index is 0.0249. The summed E-state index contributed by atoms with van der Waals surface area (Å²) in [4.78, 5) is 27.4. The zero-order valence-electron chi connectivity index (χ0n) is 14.3. The predicted molar refractivity (Wildman–Crippen MR) is 106 cm³/mol. The first-order valence-electron chi connectivity index (χ1n) is 8.25. The number of nitrogens with zero attached hydrogens (tertiary/aromatic N) is 1. The minimum Gasteiger partial charge on any atom is -0.351 e. The second-order valence-electron chi connectivity index (χ2n) is 6.40. The van der Waals surface area contributed by atoms with Crippen molar-refractivity contribution in [2.45, 2.75) is 29.7 Å². The fourth-order valence-electron chi connectivity index (χ4n) is 3.26. The second-order valence-corrected chi connectivity index (χ2v) is 8.13. The van der Waals surface area contributed by atoms with E-state index in [1.165, 1.54) is 23.4 Å². The Morgan fingerprint density at radius 1 is 1.42 bits per heavy atom. The molecule has 0 atom stereocenters. The Morgan fingerprint density at radius 3 is 2.77 bits per heavy atom. The maximum Gasteiger partial charge on any atom is 0.261 e. The van der Waals surface area contributed by atoms with Crippen molar-refractivity contribution >= 4 is 33.6 Å². The van der Waals surface area contributed by atoms with Crippen molar-refractivity contribution in [2.75, 3.05) is 12.8 Å². The van der Waals surface area contributed by atoms with Gasteiger partial charge in [-0.05, 0) is 42.9 Å². The molecule has 1 amide bonds. The first kappa shape index (κ1) is 18.7. The summed E-state index contributed by atoms with van der Waals surface area (Å²) in [5.41, 5.74) is 0.887. The van der Waals surface area contributed by atoms with E-state index in [1.807, 2.05) is 18.2 Å². The Balaban J connectivity index is 1.81. The quantitative estimate of drug-likeness (QED) is 0.708. The molecule has 1 saturated carbocycles. The molecule has 1 aromatic carbocycles. The molecule has 7 heteroatoms. The van der Waals surface area contributed by atoms with E-state index in [0.717, 1.165) is 23.7 Å². The van der Waals surface area contributed by atoms with Crippen LogP contribution < -0.4 is 10.9 Å². The number of amides is 1. The number of hydrogen-bond acceptors (Lipinski definition) is 4. The molecule has 2 aromatic rings. The van der Waals surface area contributed by atoms with Crippen LogP contribution in [0.5, 0.6) is 0 Å². The van der Waals surface area contributed by atoms with Crippen LogP contribution in [0.15, 0.2) is 44.6 Å². The maximum absolute atomic E-state index is 12.6. The summed E-state index contributed by atoms with van der Waals surface area (Å²) in [5, 5.41) is 12.6. The molecule has 1 fully saturated rings. The zero-order chi connectivity index (χ0) is 18.7. The zero-order valence-corrected chi connectivity index (χ0v) is 16.7. The van der Waals surface area contributed by atoms with E-state index in [1.54, 1.807) is 6.26 Å². The number of rotatable bonds is 5. The number of halogens is 1. The van der Waals surface area contributed by atoms with E-state index in [2.05, 4.69) is 38.4 Å². The Morgan fingerprint density at radius 2 is 2.19 bits per heavy atom. The van der Waals surface area contributed by atoms with Gasteiger partial charge in [-0.25, -0.2) is 0 Å². The number of H-pyrrole nitrogens is 1. The summed E-state index contributed by atoms with van der Waals surface area (Å²) < 4.78 is 1.01. The molecule has 0 bridgehead atoms. The Kier molecular flexibility index (Phi) is 5.54. The molecule has 2 N–H and O–H groups in total. The molecule has 1 aliphatic carbocycles. The third kappa shape index (κ3) is 3.57. The van der Waals surface area contributed by atoms with E-state index in [9.17, 15) is 14.9 Å². The van der Waals surface area contributed by atoms with Crippen LogP contribution >= 0.6 is 27.7 Å². The lowest BCUT2D eigenvalue weighted by molar-refractivity contribution is 0.0926. The highest BCUT2D eigenvalue weighted by molar-refractivity contribution is 9.10. The molecule has 0 unspecified atom stereocenters. The van der Waals surface area contributed by atoms with Gasteiger partial charge in [0, 0.05) is 16.4 Å². The highest BCUT2D eigenvalue weighted by Crippen LogP contribution is 2.43. The standard InChI is InChI=1S/C19H18BrN3O2S/c1-26-18-12(10-21)8-15(17(25)23-18)16(24)22-11-19(6-3-7-19)13-4-2-5-14(20)9-13/h2,4-5,8-9H,3,6-7,11H2,1H3,(H,22,24)(H,23,25). The van der Waals surface area contributed by atoms with Crippen molar-refractivity contribution < 1.29 is 4.79 Å². The number of benzene rings is 1. The van der Waals surface area contributed by atoms with Crippen LogP contribution in [0, 0.1) is 11.3 Å². The average molecular weight is 432 g/mol. The molecule has 1 aromatic heterocycles. The molecule has 1 heterocycles. The van der Waals surface area contributed by atoms with Gasteiger partial charge in [0.05, 0.1) is 10.6 Å². The minimum atomic E-state index is -0.476. The molecule has 1 aliphatic rings. The van der Waals surface area contributed by atoms with Gasteiger partial charge < -0.3 is 10.3 Å². The highest BCUT2D eigenvalue weighted by atomic mass is 79.9. The lowest BCUT2D eigenvalue weighted by Crippen LogP contribution is -2.46. The first-order chi connectivity index (χ1) is 12.5. The fraction of sp³-hybridized carbons (Fsp3) is 0.316. The number of aromatic amines is 1. The molecule has 26 heavy (non-hydrogen) atoms.